The van der Waals surface area contributed by atoms with Crippen molar-refractivity contribution < 1.29 is 19.6 Å². The van der Waals surface area contributed by atoms with Crippen molar-refractivity contribution >= 4 is 17.2 Å². The first-order valence-corrected chi connectivity index (χ1v) is 7.75. The molecule has 3 N–H and O–H groups in total. The molecule has 6 nitrogen and oxygen atoms in total. The summed E-state index contributed by atoms with van der Waals surface area (Å²) in [4.78, 5) is 15.8. The van der Waals surface area contributed by atoms with Gasteiger partial charge >= 0.3 is 0 Å². The number of carbonyl (C=O) groups is 1. The number of hydrogen-bond acceptors (Lipinski definition) is 5. The minimum absolute atomic E-state index is 0.00958. The Morgan fingerprint density at radius 3 is 2.77 bits per heavy atom. The lowest BCUT2D eigenvalue weighted by Gasteiger charge is -2.08. The molecule has 0 saturated heterocycles. The predicted octanol–water partition coefficient (Wildman–Crippen LogP) is 0.637. The van der Waals surface area contributed by atoms with E-state index in [-0.39, 0.29) is 5.91 Å². The lowest BCUT2D eigenvalue weighted by Crippen LogP contribution is -2.85. The highest BCUT2D eigenvalue weighted by Crippen LogP contribution is 2.33. The number of thiazole rings is 1. The number of quaternary nitrogens is 1. The van der Waals surface area contributed by atoms with Gasteiger partial charge in [0.05, 0.1) is 14.2 Å². The molecule has 0 fully saturated rings. The zero-order valence-corrected chi connectivity index (χ0v) is 13.7. The van der Waals surface area contributed by atoms with E-state index in [9.17, 15) is 4.79 Å². The highest BCUT2D eigenvalue weighted by Gasteiger charge is 2.10. The highest BCUT2D eigenvalue weighted by atomic mass is 32.1. The Balaban J connectivity index is 2.06. The van der Waals surface area contributed by atoms with Crippen LogP contribution in [0, 0.1) is 0 Å². The molecule has 22 heavy (non-hydrogen) atoms. The van der Waals surface area contributed by atoms with Gasteiger partial charge < -0.3 is 20.1 Å². The van der Waals surface area contributed by atoms with Crippen LogP contribution in [0.5, 0.6) is 11.5 Å². The van der Waals surface area contributed by atoms with E-state index in [4.69, 9.17) is 9.47 Å². The molecule has 0 unspecified atom stereocenters. The number of nitrogens with zero attached hydrogens (tertiary/aromatic N) is 1. The molecule has 0 aliphatic carbocycles. The van der Waals surface area contributed by atoms with Crippen LogP contribution in [0.2, 0.25) is 0 Å². The van der Waals surface area contributed by atoms with Crippen LogP contribution in [0.1, 0.15) is 5.69 Å². The average molecular weight is 322 g/mol. The second-order valence-corrected chi connectivity index (χ2v) is 5.44. The molecule has 1 amide bonds. The van der Waals surface area contributed by atoms with E-state index in [0.29, 0.717) is 24.6 Å². The summed E-state index contributed by atoms with van der Waals surface area (Å²) in [5, 5.41) is 7.44. The van der Waals surface area contributed by atoms with E-state index in [2.05, 4.69) is 10.3 Å². The van der Waals surface area contributed by atoms with Crippen molar-refractivity contribution in [1.29, 1.82) is 0 Å². The zero-order valence-electron chi connectivity index (χ0n) is 12.9. The van der Waals surface area contributed by atoms with Gasteiger partial charge in [0.25, 0.3) is 5.91 Å². The maximum atomic E-state index is 11.2. The molecule has 0 radical (unpaired) electrons. The van der Waals surface area contributed by atoms with Crippen molar-refractivity contribution in [1.82, 2.24) is 10.3 Å². The van der Waals surface area contributed by atoms with Gasteiger partial charge in [-0.05, 0) is 18.2 Å². The Labute approximate surface area is 133 Å². The first kappa shape index (κ1) is 16.3. The van der Waals surface area contributed by atoms with Crippen molar-refractivity contribution in [2.24, 2.45) is 0 Å². The third-order valence-corrected chi connectivity index (χ3v) is 4.08. The largest absolute Gasteiger partial charge is 0.493 e. The van der Waals surface area contributed by atoms with E-state index in [1.54, 1.807) is 32.6 Å². The number of nitrogens with two attached hydrogens (primary N) is 1. The fourth-order valence-corrected chi connectivity index (χ4v) is 2.79. The predicted molar refractivity (Wildman–Crippen MR) is 85.2 cm³/mol. The topological polar surface area (TPSA) is 77.1 Å². The summed E-state index contributed by atoms with van der Waals surface area (Å²) in [6.45, 7) is 1.08. The van der Waals surface area contributed by atoms with Crippen LogP contribution in [0.4, 0.5) is 0 Å². The Morgan fingerprint density at radius 2 is 2.09 bits per heavy atom. The highest BCUT2D eigenvalue weighted by molar-refractivity contribution is 7.13. The Bertz CT molecular complexity index is 643. The van der Waals surface area contributed by atoms with E-state index in [0.717, 1.165) is 16.3 Å². The molecule has 0 spiro atoms. The SMILES string of the molecule is CNC(=O)C[NH2+]Cc1csc(-c2ccc(OC)c(OC)c2)n1. The maximum absolute atomic E-state index is 11.2. The average Bonchev–Trinajstić information content (AvgIpc) is 3.02. The first-order chi connectivity index (χ1) is 10.7. The molecule has 0 bridgehead atoms. The fourth-order valence-electron chi connectivity index (χ4n) is 1.96. The second-order valence-electron chi connectivity index (χ2n) is 4.58. The van der Waals surface area contributed by atoms with E-state index in [1.165, 1.54) is 0 Å². The quantitative estimate of drug-likeness (QED) is 0.784. The van der Waals surface area contributed by atoms with Crippen molar-refractivity contribution in [2.75, 3.05) is 27.8 Å². The summed E-state index contributed by atoms with van der Waals surface area (Å²) in [6, 6.07) is 5.74. The number of rotatable bonds is 7. The number of ether oxygens (including phenoxy) is 2. The molecular weight excluding hydrogens is 302 g/mol. The molecule has 1 heterocycles. The molecule has 0 atom stereocenters. The van der Waals surface area contributed by atoms with E-state index >= 15 is 0 Å². The molecular formula is C15H20N3O3S+. The number of nitrogens with one attached hydrogen (secondary N) is 1. The third-order valence-electron chi connectivity index (χ3n) is 3.14. The molecule has 7 heteroatoms. The summed E-state index contributed by atoms with van der Waals surface area (Å²) < 4.78 is 10.5. The summed E-state index contributed by atoms with van der Waals surface area (Å²) >= 11 is 1.57. The molecule has 1 aromatic heterocycles. The van der Waals surface area contributed by atoms with Gasteiger partial charge in [0, 0.05) is 18.0 Å². The molecule has 1 aromatic carbocycles. The van der Waals surface area contributed by atoms with Crippen LogP contribution in [-0.2, 0) is 11.3 Å². The van der Waals surface area contributed by atoms with Crippen LogP contribution < -0.4 is 20.1 Å². The number of hydrogen-bond donors (Lipinski definition) is 2. The minimum Gasteiger partial charge on any atom is -0.493 e. The first-order valence-electron chi connectivity index (χ1n) is 6.87. The number of likely N-dealkylation sites (N-methyl/N-ethyl adjacent to an activating group) is 1. The van der Waals surface area contributed by atoms with Gasteiger partial charge in [-0.15, -0.1) is 11.3 Å². The summed E-state index contributed by atoms with van der Waals surface area (Å²) in [5.74, 6) is 1.39. The van der Waals surface area contributed by atoms with Crippen molar-refractivity contribution in [3.8, 4) is 22.1 Å². The van der Waals surface area contributed by atoms with Gasteiger partial charge in [-0.1, -0.05) is 0 Å². The number of carbonyl (C=O) groups excluding carboxylic acids is 1. The number of aromatic nitrogens is 1. The Hall–Kier alpha value is -2.12. The standard InChI is InChI=1S/C15H19N3O3S/c1-16-14(19)8-17-7-11-9-22-15(18-11)10-4-5-12(20-2)13(6-10)21-3/h4-6,9,17H,7-8H2,1-3H3,(H,16,19)/p+1. The second kappa shape index (κ2) is 7.77. The lowest BCUT2D eigenvalue weighted by atomic mass is 10.2. The van der Waals surface area contributed by atoms with Crippen LogP contribution in [0.15, 0.2) is 23.6 Å². The smallest absolute Gasteiger partial charge is 0.274 e. The van der Waals surface area contributed by atoms with Gasteiger partial charge in [-0.3, -0.25) is 4.79 Å². The summed E-state index contributed by atoms with van der Waals surface area (Å²) in [5.41, 5.74) is 1.94. The summed E-state index contributed by atoms with van der Waals surface area (Å²) in [6.07, 6.45) is 0. The summed E-state index contributed by atoms with van der Waals surface area (Å²) in [7, 11) is 4.86. The molecule has 0 saturated carbocycles. The molecule has 0 aliphatic heterocycles. The number of amides is 1. The Kier molecular flexibility index (Phi) is 5.74. The minimum atomic E-state index is 0.00958. The van der Waals surface area contributed by atoms with Crippen molar-refractivity contribution in [2.45, 2.75) is 6.54 Å². The molecule has 0 aliphatic rings. The number of methoxy groups -OCH3 is 2. The van der Waals surface area contributed by atoms with Crippen LogP contribution in [0.3, 0.4) is 0 Å². The number of benzene rings is 1. The van der Waals surface area contributed by atoms with Gasteiger partial charge in [-0.25, -0.2) is 4.98 Å². The van der Waals surface area contributed by atoms with Gasteiger partial charge in [0.1, 0.15) is 17.2 Å². The third kappa shape index (κ3) is 3.96. The van der Waals surface area contributed by atoms with Gasteiger partial charge in [0.15, 0.2) is 18.0 Å². The Morgan fingerprint density at radius 1 is 1.32 bits per heavy atom. The fraction of sp³-hybridized carbons (Fsp3) is 0.333. The lowest BCUT2D eigenvalue weighted by molar-refractivity contribution is -0.660. The van der Waals surface area contributed by atoms with Gasteiger partial charge in [-0.2, -0.15) is 0 Å². The van der Waals surface area contributed by atoms with Crippen LogP contribution >= 0.6 is 11.3 Å². The monoisotopic (exact) mass is 322 g/mol. The van der Waals surface area contributed by atoms with E-state index < -0.39 is 0 Å². The van der Waals surface area contributed by atoms with Crippen LogP contribution in [0.25, 0.3) is 10.6 Å². The zero-order chi connectivity index (χ0) is 15.9. The molecule has 2 aromatic rings. The van der Waals surface area contributed by atoms with Gasteiger partial charge in [0.2, 0.25) is 0 Å². The normalized spacial score (nSPS) is 10.3. The molecule has 118 valence electrons. The van der Waals surface area contributed by atoms with E-state index in [1.807, 2.05) is 28.9 Å². The maximum Gasteiger partial charge on any atom is 0.274 e. The van der Waals surface area contributed by atoms with Crippen molar-refractivity contribution in [3.05, 3.63) is 29.3 Å². The van der Waals surface area contributed by atoms with Crippen LogP contribution in [-0.4, -0.2) is 38.7 Å². The van der Waals surface area contributed by atoms with Crippen molar-refractivity contribution in [3.63, 3.8) is 0 Å². The molecule has 2 rings (SSSR count).